The highest BCUT2D eigenvalue weighted by atomic mass is 35.5. The van der Waals surface area contributed by atoms with Crippen LogP contribution in [0, 0.1) is 5.82 Å². The van der Waals surface area contributed by atoms with Crippen LogP contribution in [0.5, 0.6) is 0 Å². The van der Waals surface area contributed by atoms with Gasteiger partial charge >= 0.3 is 5.97 Å². The van der Waals surface area contributed by atoms with Gasteiger partial charge in [0.25, 0.3) is 0 Å². The lowest BCUT2D eigenvalue weighted by atomic mass is 10.1. The zero-order valence-corrected chi connectivity index (χ0v) is 12.0. The van der Waals surface area contributed by atoms with E-state index in [1.54, 1.807) is 36.4 Å². The quantitative estimate of drug-likeness (QED) is 0.838. The minimum Gasteiger partial charge on any atom is -0.480 e. The third-order valence-corrected chi connectivity index (χ3v) is 4.15. The van der Waals surface area contributed by atoms with Gasteiger partial charge in [0, 0.05) is 9.92 Å². The van der Waals surface area contributed by atoms with Crippen molar-refractivity contribution < 1.29 is 14.3 Å². The van der Waals surface area contributed by atoms with E-state index < -0.39 is 11.2 Å². The van der Waals surface area contributed by atoms with Crippen molar-refractivity contribution in [2.45, 2.75) is 16.6 Å². The molecule has 0 fully saturated rings. The molecule has 0 radical (unpaired) electrons. The highest BCUT2D eigenvalue weighted by Gasteiger charge is 2.19. The van der Waals surface area contributed by atoms with Gasteiger partial charge < -0.3 is 5.11 Å². The number of hydrogen-bond acceptors (Lipinski definition) is 2. The Bertz CT molecular complexity index is 536. The molecule has 0 aliphatic rings. The maximum absolute atomic E-state index is 12.8. The molecule has 1 N–H and O–H groups in total. The molecule has 104 valence electrons. The lowest BCUT2D eigenvalue weighted by molar-refractivity contribution is -0.136. The smallest absolute Gasteiger partial charge is 0.317 e. The summed E-state index contributed by atoms with van der Waals surface area (Å²) >= 11 is 7.05. The molecule has 0 saturated heterocycles. The Morgan fingerprint density at radius 2 is 1.75 bits per heavy atom. The molecule has 0 spiro atoms. The Morgan fingerprint density at radius 3 is 2.30 bits per heavy atom. The molecule has 2 rings (SSSR count). The Kier molecular flexibility index (Phi) is 5.04. The molecule has 2 aromatic carbocycles. The zero-order valence-electron chi connectivity index (χ0n) is 10.4. The summed E-state index contributed by atoms with van der Waals surface area (Å²) in [5.74, 6) is -1.22. The summed E-state index contributed by atoms with van der Waals surface area (Å²) in [7, 11) is 0. The standard InChI is InChI=1S/C15H12ClFO2S/c16-11-3-7-13(8-4-11)20-14(15(18)19)9-10-1-5-12(17)6-2-10/h1-8,14H,9H2,(H,18,19). The highest BCUT2D eigenvalue weighted by Crippen LogP contribution is 2.27. The number of rotatable bonds is 5. The van der Waals surface area contributed by atoms with Gasteiger partial charge in [-0.3, -0.25) is 4.79 Å². The first kappa shape index (κ1) is 14.9. The topological polar surface area (TPSA) is 37.3 Å². The van der Waals surface area contributed by atoms with Crippen molar-refractivity contribution in [2.75, 3.05) is 0 Å². The highest BCUT2D eigenvalue weighted by molar-refractivity contribution is 8.00. The Labute approximate surface area is 125 Å². The van der Waals surface area contributed by atoms with Gasteiger partial charge in [-0.25, -0.2) is 4.39 Å². The van der Waals surface area contributed by atoms with Crippen molar-refractivity contribution in [3.05, 3.63) is 64.9 Å². The molecule has 0 aliphatic carbocycles. The van der Waals surface area contributed by atoms with Gasteiger partial charge in [-0.1, -0.05) is 23.7 Å². The number of benzene rings is 2. The van der Waals surface area contributed by atoms with Gasteiger partial charge in [0.05, 0.1) is 0 Å². The second-order valence-corrected chi connectivity index (χ2v) is 5.94. The molecule has 0 saturated carbocycles. The molecular weight excluding hydrogens is 299 g/mol. The van der Waals surface area contributed by atoms with Crippen LogP contribution in [0.3, 0.4) is 0 Å². The second-order valence-electron chi connectivity index (χ2n) is 4.23. The third kappa shape index (κ3) is 4.25. The van der Waals surface area contributed by atoms with E-state index in [1.807, 2.05) is 0 Å². The van der Waals surface area contributed by atoms with Gasteiger partial charge in [0.1, 0.15) is 11.1 Å². The van der Waals surface area contributed by atoms with E-state index in [4.69, 9.17) is 11.6 Å². The molecule has 5 heteroatoms. The number of carboxylic acids is 1. The van der Waals surface area contributed by atoms with Crippen molar-refractivity contribution in [2.24, 2.45) is 0 Å². The van der Waals surface area contributed by atoms with E-state index in [2.05, 4.69) is 0 Å². The normalized spacial score (nSPS) is 12.1. The molecule has 0 aliphatic heterocycles. The maximum atomic E-state index is 12.8. The summed E-state index contributed by atoms with van der Waals surface area (Å²) in [6.07, 6.45) is 0.336. The average Bonchev–Trinajstić information content (AvgIpc) is 2.42. The minimum atomic E-state index is -0.894. The second kappa shape index (κ2) is 6.77. The number of aliphatic carboxylic acids is 1. The van der Waals surface area contributed by atoms with Crippen molar-refractivity contribution in [3.8, 4) is 0 Å². The molecule has 0 heterocycles. The fourth-order valence-electron chi connectivity index (χ4n) is 1.69. The number of hydrogen-bond donors (Lipinski definition) is 1. The van der Waals surface area contributed by atoms with Crippen LogP contribution in [0.15, 0.2) is 53.4 Å². The van der Waals surface area contributed by atoms with Crippen molar-refractivity contribution >= 4 is 29.3 Å². The average molecular weight is 311 g/mol. The SMILES string of the molecule is O=C(O)C(Cc1ccc(F)cc1)Sc1ccc(Cl)cc1. The van der Waals surface area contributed by atoms with E-state index in [9.17, 15) is 14.3 Å². The maximum Gasteiger partial charge on any atom is 0.317 e. The Morgan fingerprint density at radius 1 is 1.15 bits per heavy atom. The minimum absolute atomic E-state index is 0.328. The summed E-state index contributed by atoms with van der Waals surface area (Å²) in [6.45, 7) is 0. The lowest BCUT2D eigenvalue weighted by Crippen LogP contribution is -2.19. The van der Waals surface area contributed by atoms with Gasteiger partial charge in [0.15, 0.2) is 0 Å². The fourth-order valence-corrected chi connectivity index (χ4v) is 2.82. The number of halogens is 2. The largest absolute Gasteiger partial charge is 0.480 e. The van der Waals surface area contributed by atoms with Crippen LogP contribution in [0.2, 0.25) is 5.02 Å². The molecule has 1 unspecified atom stereocenters. The van der Waals surface area contributed by atoms with Gasteiger partial charge in [-0.15, -0.1) is 11.8 Å². The molecular formula is C15H12ClFO2S. The van der Waals surface area contributed by atoms with E-state index in [1.165, 1.54) is 23.9 Å². The number of carboxylic acid groups (broad SMARTS) is 1. The summed E-state index contributed by atoms with van der Waals surface area (Å²) in [4.78, 5) is 12.2. The van der Waals surface area contributed by atoms with E-state index >= 15 is 0 Å². The summed E-state index contributed by atoms with van der Waals surface area (Å²) < 4.78 is 12.8. The van der Waals surface area contributed by atoms with Crippen molar-refractivity contribution in [3.63, 3.8) is 0 Å². The predicted octanol–water partition coefficient (Wildman–Crippen LogP) is 4.27. The predicted molar refractivity (Wildman–Crippen MR) is 78.8 cm³/mol. The van der Waals surface area contributed by atoms with Crippen LogP contribution in [0.25, 0.3) is 0 Å². The van der Waals surface area contributed by atoms with Crippen molar-refractivity contribution in [1.82, 2.24) is 0 Å². The molecule has 2 nitrogen and oxygen atoms in total. The van der Waals surface area contributed by atoms with E-state index in [0.717, 1.165) is 10.5 Å². The van der Waals surface area contributed by atoms with E-state index in [0.29, 0.717) is 11.4 Å². The Hall–Kier alpha value is -1.52. The van der Waals surface area contributed by atoms with Crippen LogP contribution >= 0.6 is 23.4 Å². The Balaban J connectivity index is 2.09. The summed E-state index contributed by atoms with van der Waals surface area (Å²) in [5, 5.41) is 9.27. The molecule has 0 amide bonds. The number of thioether (sulfide) groups is 1. The first-order valence-corrected chi connectivity index (χ1v) is 7.20. The zero-order chi connectivity index (χ0) is 14.5. The van der Waals surface area contributed by atoms with Crippen LogP contribution in [0.1, 0.15) is 5.56 Å². The van der Waals surface area contributed by atoms with Gasteiger partial charge in [-0.2, -0.15) is 0 Å². The monoisotopic (exact) mass is 310 g/mol. The van der Waals surface area contributed by atoms with Gasteiger partial charge in [-0.05, 0) is 48.4 Å². The van der Waals surface area contributed by atoms with Crippen molar-refractivity contribution in [1.29, 1.82) is 0 Å². The first-order chi connectivity index (χ1) is 9.54. The van der Waals surface area contributed by atoms with Crippen LogP contribution in [-0.4, -0.2) is 16.3 Å². The molecule has 0 aromatic heterocycles. The van der Waals surface area contributed by atoms with Crippen LogP contribution in [-0.2, 0) is 11.2 Å². The summed E-state index contributed by atoms with van der Waals surface area (Å²) in [6, 6.07) is 12.9. The lowest BCUT2D eigenvalue weighted by Gasteiger charge is -2.12. The van der Waals surface area contributed by atoms with Gasteiger partial charge in [0.2, 0.25) is 0 Å². The molecule has 1 atom stereocenters. The molecule has 20 heavy (non-hydrogen) atoms. The number of carbonyl (C=O) groups is 1. The van der Waals surface area contributed by atoms with Crippen LogP contribution < -0.4 is 0 Å². The van der Waals surface area contributed by atoms with Crippen LogP contribution in [0.4, 0.5) is 4.39 Å². The molecule has 0 bridgehead atoms. The van der Waals surface area contributed by atoms with E-state index in [-0.39, 0.29) is 5.82 Å². The first-order valence-electron chi connectivity index (χ1n) is 5.94. The summed E-state index contributed by atoms with van der Waals surface area (Å²) in [5.41, 5.74) is 0.792. The molecule has 2 aromatic rings. The fraction of sp³-hybridized carbons (Fsp3) is 0.133. The third-order valence-electron chi connectivity index (χ3n) is 2.70.